The molecule has 0 aliphatic carbocycles. The first-order valence-corrected chi connectivity index (χ1v) is 6.01. The highest BCUT2D eigenvalue weighted by molar-refractivity contribution is 5.79. The van der Waals surface area contributed by atoms with Crippen molar-refractivity contribution in [3.63, 3.8) is 0 Å². The van der Waals surface area contributed by atoms with Gasteiger partial charge in [-0.15, -0.1) is 0 Å². The Hall–Kier alpha value is -1.18. The van der Waals surface area contributed by atoms with Gasteiger partial charge in [0.2, 0.25) is 11.8 Å². The fourth-order valence-corrected chi connectivity index (χ4v) is 1.75. The zero-order chi connectivity index (χ0) is 13.4. The van der Waals surface area contributed by atoms with Crippen LogP contribution in [0.15, 0.2) is 0 Å². The van der Waals surface area contributed by atoms with Crippen molar-refractivity contribution in [1.29, 1.82) is 0 Å². The minimum absolute atomic E-state index is 0.0380. The van der Waals surface area contributed by atoms with Gasteiger partial charge in [-0.25, -0.2) is 0 Å². The van der Waals surface area contributed by atoms with E-state index in [1.807, 2.05) is 0 Å². The van der Waals surface area contributed by atoms with Crippen LogP contribution >= 0.6 is 0 Å². The number of piperazine rings is 1. The van der Waals surface area contributed by atoms with Crippen LogP contribution in [0.4, 0.5) is 0 Å². The number of hydrogen-bond acceptors (Lipinski definition) is 5. The second kappa shape index (κ2) is 8.02. The van der Waals surface area contributed by atoms with Gasteiger partial charge in [-0.1, -0.05) is 0 Å². The molecule has 0 bridgehead atoms. The molecule has 1 saturated heterocycles. The molecule has 0 saturated carbocycles. The summed E-state index contributed by atoms with van der Waals surface area (Å²) in [5.41, 5.74) is 5.27. The van der Waals surface area contributed by atoms with Gasteiger partial charge < -0.3 is 25.0 Å². The Morgan fingerprint density at radius 1 is 1.06 bits per heavy atom. The topological polar surface area (TPSA) is 85.1 Å². The third-order valence-electron chi connectivity index (χ3n) is 2.74. The van der Waals surface area contributed by atoms with Crippen LogP contribution in [0.25, 0.3) is 0 Å². The van der Waals surface area contributed by atoms with Crippen molar-refractivity contribution in [2.45, 2.75) is 0 Å². The summed E-state index contributed by atoms with van der Waals surface area (Å²) in [6, 6.07) is 0. The fraction of sp³-hybridized carbons (Fsp3) is 0.818. The molecule has 7 nitrogen and oxygen atoms in total. The molecule has 0 aromatic heterocycles. The zero-order valence-corrected chi connectivity index (χ0v) is 10.8. The molecular formula is C11H21N3O4. The maximum atomic E-state index is 11.7. The molecule has 7 heteroatoms. The van der Waals surface area contributed by atoms with Gasteiger partial charge in [0.1, 0.15) is 13.2 Å². The van der Waals surface area contributed by atoms with Gasteiger partial charge in [0.15, 0.2) is 0 Å². The van der Waals surface area contributed by atoms with Crippen LogP contribution in [0.3, 0.4) is 0 Å². The smallest absolute Gasteiger partial charge is 0.248 e. The monoisotopic (exact) mass is 259 g/mol. The Bertz CT molecular complexity index is 277. The second-order valence-electron chi connectivity index (χ2n) is 4.04. The number of nitrogens with zero attached hydrogens (tertiary/aromatic N) is 2. The second-order valence-corrected chi connectivity index (χ2v) is 4.04. The van der Waals surface area contributed by atoms with Crippen LogP contribution < -0.4 is 5.73 Å². The van der Waals surface area contributed by atoms with E-state index in [0.29, 0.717) is 39.3 Å². The third kappa shape index (κ3) is 4.59. The maximum Gasteiger partial charge on any atom is 0.248 e. The van der Waals surface area contributed by atoms with Crippen molar-refractivity contribution in [2.24, 2.45) is 5.73 Å². The van der Waals surface area contributed by atoms with E-state index >= 15 is 0 Å². The van der Waals surface area contributed by atoms with Crippen LogP contribution in [-0.2, 0) is 19.1 Å². The van der Waals surface area contributed by atoms with Gasteiger partial charge in [0, 0.05) is 39.8 Å². The van der Waals surface area contributed by atoms with E-state index < -0.39 is 0 Å². The number of carbonyl (C=O) groups excluding carboxylic acids is 2. The SMILES string of the molecule is COCC(=O)N1CCN(C(=O)COCCN)CC1. The van der Waals surface area contributed by atoms with Crippen molar-refractivity contribution < 1.29 is 19.1 Å². The largest absolute Gasteiger partial charge is 0.375 e. The normalized spacial score (nSPS) is 15.9. The van der Waals surface area contributed by atoms with Gasteiger partial charge in [-0.3, -0.25) is 9.59 Å². The van der Waals surface area contributed by atoms with E-state index in [-0.39, 0.29) is 25.0 Å². The van der Waals surface area contributed by atoms with Crippen molar-refractivity contribution >= 4 is 11.8 Å². The summed E-state index contributed by atoms with van der Waals surface area (Å²) in [7, 11) is 1.49. The first-order valence-electron chi connectivity index (χ1n) is 6.01. The molecule has 104 valence electrons. The van der Waals surface area contributed by atoms with E-state index in [1.54, 1.807) is 9.80 Å². The predicted molar refractivity (Wildman–Crippen MR) is 64.9 cm³/mol. The quantitative estimate of drug-likeness (QED) is 0.573. The Morgan fingerprint density at radius 2 is 1.56 bits per heavy atom. The number of amides is 2. The number of ether oxygens (including phenoxy) is 2. The summed E-state index contributed by atoms with van der Waals surface area (Å²) in [6.07, 6.45) is 0. The molecule has 0 unspecified atom stereocenters. The minimum atomic E-state index is -0.0534. The molecule has 1 aliphatic heterocycles. The summed E-state index contributed by atoms with van der Waals surface area (Å²) in [5, 5.41) is 0. The molecule has 0 spiro atoms. The fourth-order valence-electron chi connectivity index (χ4n) is 1.75. The summed E-state index contributed by atoms with van der Waals surface area (Å²) in [6.45, 7) is 3.12. The lowest BCUT2D eigenvalue weighted by atomic mass is 10.3. The molecule has 2 N–H and O–H groups in total. The molecular weight excluding hydrogens is 238 g/mol. The highest BCUT2D eigenvalue weighted by atomic mass is 16.5. The zero-order valence-electron chi connectivity index (χ0n) is 10.8. The average Bonchev–Trinajstić information content (AvgIpc) is 2.39. The maximum absolute atomic E-state index is 11.7. The third-order valence-corrected chi connectivity index (χ3v) is 2.74. The van der Waals surface area contributed by atoms with Gasteiger partial charge in [0.25, 0.3) is 0 Å². The first-order chi connectivity index (χ1) is 8.69. The van der Waals surface area contributed by atoms with Gasteiger partial charge in [-0.05, 0) is 0 Å². The first kappa shape index (κ1) is 14.9. The van der Waals surface area contributed by atoms with Crippen molar-refractivity contribution in [1.82, 2.24) is 9.80 Å². The Labute approximate surface area is 107 Å². The molecule has 0 aromatic carbocycles. The number of hydrogen-bond donors (Lipinski definition) is 1. The van der Waals surface area contributed by atoms with E-state index in [4.69, 9.17) is 15.2 Å². The summed E-state index contributed by atoms with van der Waals surface area (Å²) >= 11 is 0. The number of rotatable bonds is 6. The lowest BCUT2D eigenvalue weighted by molar-refractivity contribution is -0.144. The number of carbonyl (C=O) groups is 2. The van der Waals surface area contributed by atoms with Gasteiger partial charge in [-0.2, -0.15) is 0 Å². The Morgan fingerprint density at radius 3 is 2.00 bits per heavy atom. The van der Waals surface area contributed by atoms with Crippen molar-refractivity contribution in [2.75, 3.05) is 59.7 Å². The average molecular weight is 259 g/mol. The summed E-state index contributed by atoms with van der Waals surface area (Å²) < 4.78 is 9.89. The van der Waals surface area contributed by atoms with Crippen LogP contribution in [0.1, 0.15) is 0 Å². The van der Waals surface area contributed by atoms with Gasteiger partial charge in [0.05, 0.1) is 6.61 Å². The Balaban J connectivity index is 2.26. The highest BCUT2D eigenvalue weighted by Gasteiger charge is 2.23. The molecule has 1 rings (SSSR count). The van der Waals surface area contributed by atoms with E-state index in [9.17, 15) is 9.59 Å². The Kier molecular flexibility index (Phi) is 6.63. The molecule has 2 amide bonds. The van der Waals surface area contributed by atoms with Crippen molar-refractivity contribution in [3.05, 3.63) is 0 Å². The van der Waals surface area contributed by atoms with E-state index in [0.717, 1.165) is 0 Å². The number of methoxy groups -OCH3 is 1. The van der Waals surface area contributed by atoms with Crippen LogP contribution in [0.5, 0.6) is 0 Å². The van der Waals surface area contributed by atoms with Gasteiger partial charge >= 0.3 is 0 Å². The van der Waals surface area contributed by atoms with Crippen LogP contribution in [0.2, 0.25) is 0 Å². The van der Waals surface area contributed by atoms with Crippen molar-refractivity contribution in [3.8, 4) is 0 Å². The van der Waals surface area contributed by atoms with Crippen LogP contribution in [0, 0.1) is 0 Å². The molecule has 1 aliphatic rings. The lowest BCUT2D eigenvalue weighted by Gasteiger charge is -2.34. The minimum Gasteiger partial charge on any atom is -0.375 e. The summed E-state index contributed by atoms with van der Waals surface area (Å²) in [4.78, 5) is 26.7. The molecule has 0 radical (unpaired) electrons. The van der Waals surface area contributed by atoms with Crippen LogP contribution in [-0.4, -0.2) is 81.3 Å². The highest BCUT2D eigenvalue weighted by Crippen LogP contribution is 2.03. The summed E-state index contributed by atoms with van der Waals surface area (Å²) in [5.74, 6) is -0.0914. The molecule has 1 fully saturated rings. The molecule has 1 heterocycles. The standard InChI is InChI=1S/C11H21N3O4/c1-17-8-10(15)13-3-5-14(6-4-13)11(16)9-18-7-2-12/h2-9,12H2,1H3. The molecule has 18 heavy (non-hydrogen) atoms. The predicted octanol–water partition coefficient (Wildman–Crippen LogP) is -1.72. The molecule has 0 atom stereocenters. The number of nitrogens with two attached hydrogens (primary N) is 1. The van der Waals surface area contributed by atoms with E-state index in [2.05, 4.69) is 0 Å². The molecule has 0 aromatic rings. The van der Waals surface area contributed by atoms with E-state index in [1.165, 1.54) is 7.11 Å². The lowest BCUT2D eigenvalue weighted by Crippen LogP contribution is -2.52.